The first-order valence-corrected chi connectivity index (χ1v) is 9.51. The van der Waals surface area contributed by atoms with Gasteiger partial charge in [-0.2, -0.15) is 9.49 Å². The second kappa shape index (κ2) is 7.00. The molecule has 1 fully saturated rings. The van der Waals surface area contributed by atoms with Crippen molar-refractivity contribution in [3.05, 3.63) is 89.9 Å². The molecule has 0 saturated heterocycles. The molecule has 5 heteroatoms. The second-order valence-electron chi connectivity index (χ2n) is 7.14. The summed E-state index contributed by atoms with van der Waals surface area (Å²) in [6, 6.07) is 16.1. The summed E-state index contributed by atoms with van der Waals surface area (Å²) in [5.41, 5.74) is 5.81. The second-order valence-corrected chi connectivity index (χ2v) is 7.14. The lowest BCUT2D eigenvalue weighted by atomic mass is 9.73. The molecule has 1 N–H and O–H groups in total. The van der Waals surface area contributed by atoms with Crippen molar-refractivity contribution in [2.75, 3.05) is 0 Å². The van der Waals surface area contributed by atoms with Crippen LogP contribution in [0.3, 0.4) is 0 Å². The molecular weight excluding hydrogens is 351 g/mol. The molecule has 138 valence electrons. The van der Waals surface area contributed by atoms with Crippen LogP contribution >= 0.6 is 0 Å². The number of nitrogens with one attached hydrogen (secondary N) is 1. The normalized spacial score (nSPS) is 15.3. The van der Waals surface area contributed by atoms with Crippen LogP contribution in [0.1, 0.15) is 36.1 Å². The highest BCUT2D eigenvalue weighted by molar-refractivity contribution is 6.00. The molecule has 1 saturated carbocycles. The van der Waals surface area contributed by atoms with Gasteiger partial charge in [0.1, 0.15) is 0 Å². The zero-order valence-corrected chi connectivity index (χ0v) is 15.3. The topological polar surface area (TPSA) is 54.5 Å². The van der Waals surface area contributed by atoms with Gasteiger partial charge >= 0.3 is 0 Å². The van der Waals surface area contributed by atoms with Crippen LogP contribution in [0.5, 0.6) is 0 Å². The molecule has 1 aliphatic carbocycles. The first-order chi connectivity index (χ1) is 13.8. The zero-order chi connectivity index (χ0) is 18.9. The van der Waals surface area contributed by atoms with Crippen LogP contribution in [0.25, 0.3) is 22.0 Å². The van der Waals surface area contributed by atoms with E-state index in [0.717, 1.165) is 29.7 Å². The van der Waals surface area contributed by atoms with Gasteiger partial charge < -0.3 is 0 Å². The highest BCUT2D eigenvalue weighted by atomic mass is 19.1. The molecule has 0 aliphatic heterocycles. The molecule has 0 bridgehead atoms. The predicted octanol–water partition coefficient (Wildman–Crippen LogP) is 5.25. The van der Waals surface area contributed by atoms with Crippen LogP contribution in [-0.4, -0.2) is 20.2 Å². The summed E-state index contributed by atoms with van der Waals surface area (Å²) in [5, 5.41) is 6.93. The van der Waals surface area contributed by atoms with E-state index < -0.39 is 5.95 Å². The minimum absolute atomic E-state index is 0.416. The fourth-order valence-corrected chi connectivity index (χ4v) is 3.90. The van der Waals surface area contributed by atoms with Gasteiger partial charge in [0, 0.05) is 18.0 Å². The van der Waals surface area contributed by atoms with Crippen LogP contribution in [0.4, 0.5) is 4.39 Å². The van der Waals surface area contributed by atoms with E-state index in [9.17, 15) is 4.39 Å². The van der Waals surface area contributed by atoms with Gasteiger partial charge in [0.2, 0.25) is 5.95 Å². The Balaban J connectivity index is 1.81. The third kappa shape index (κ3) is 2.89. The average Bonchev–Trinajstić information content (AvgIpc) is 3.08. The van der Waals surface area contributed by atoms with Gasteiger partial charge in [-0.3, -0.25) is 15.1 Å². The van der Waals surface area contributed by atoms with Crippen molar-refractivity contribution in [3.63, 3.8) is 0 Å². The monoisotopic (exact) mass is 370 g/mol. The Morgan fingerprint density at radius 1 is 1.00 bits per heavy atom. The number of benzene rings is 2. The molecule has 4 nitrogen and oxygen atoms in total. The number of fused-ring (bicyclic) bond motifs is 1. The molecule has 4 aromatic rings. The van der Waals surface area contributed by atoms with Gasteiger partial charge in [-0.25, -0.2) is 0 Å². The number of nitrogens with zero attached hydrogens (tertiary/aromatic N) is 3. The Kier molecular flexibility index (Phi) is 4.20. The summed E-state index contributed by atoms with van der Waals surface area (Å²) in [7, 11) is 0. The van der Waals surface area contributed by atoms with Crippen LogP contribution in [0.2, 0.25) is 0 Å². The van der Waals surface area contributed by atoms with Crippen molar-refractivity contribution in [2.45, 2.75) is 19.3 Å². The van der Waals surface area contributed by atoms with Gasteiger partial charge in [0.25, 0.3) is 0 Å². The molecular formula is C23H19FN4. The largest absolute Gasteiger partial charge is 0.261 e. The van der Waals surface area contributed by atoms with E-state index in [1.165, 1.54) is 17.6 Å². The summed E-state index contributed by atoms with van der Waals surface area (Å²) in [6.45, 7) is 0. The molecule has 0 atom stereocenters. The van der Waals surface area contributed by atoms with E-state index in [0.29, 0.717) is 16.8 Å². The standard InChI is InChI=1S/C23H19FN4/c24-23-18-13-17(9-10-19(18)27-28-23)22(20-14-25-11-12-26-20)21(16-7-4-8-16)15-5-2-1-3-6-15/h1-3,5-6,9-14,16H,4,7-8H2,(H,27,28)/b22-21+. The Morgan fingerprint density at radius 2 is 1.86 bits per heavy atom. The number of hydrogen-bond acceptors (Lipinski definition) is 3. The first kappa shape index (κ1) is 16.8. The molecule has 0 unspecified atom stereocenters. The maximum absolute atomic E-state index is 14.2. The number of H-pyrrole nitrogens is 1. The molecule has 5 rings (SSSR count). The highest BCUT2D eigenvalue weighted by Gasteiger charge is 2.28. The van der Waals surface area contributed by atoms with E-state index in [2.05, 4.69) is 44.4 Å². The number of aromatic nitrogens is 4. The molecule has 0 radical (unpaired) electrons. The number of halogens is 1. The zero-order valence-electron chi connectivity index (χ0n) is 15.3. The first-order valence-electron chi connectivity index (χ1n) is 9.51. The molecule has 1 aliphatic rings. The van der Waals surface area contributed by atoms with Crippen LogP contribution < -0.4 is 0 Å². The highest BCUT2D eigenvalue weighted by Crippen LogP contribution is 2.44. The number of rotatable bonds is 4. The Morgan fingerprint density at radius 3 is 2.57 bits per heavy atom. The van der Waals surface area contributed by atoms with Crippen molar-refractivity contribution in [3.8, 4) is 0 Å². The minimum atomic E-state index is -0.416. The number of aromatic amines is 1. The molecule has 28 heavy (non-hydrogen) atoms. The quantitative estimate of drug-likeness (QED) is 0.499. The van der Waals surface area contributed by atoms with Gasteiger partial charge in [-0.05, 0) is 47.6 Å². The maximum Gasteiger partial charge on any atom is 0.216 e. The molecule has 0 amide bonds. The van der Waals surface area contributed by atoms with Gasteiger partial charge in [-0.15, -0.1) is 0 Å². The van der Waals surface area contributed by atoms with Crippen molar-refractivity contribution in [2.24, 2.45) is 5.92 Å². The number of allylic oxidation sites excluding steroid dienone is 1. The lowest BCUT2D eigenvalue weighted by Crippen LogP contribution is -2.15. The van der Waals surface area contributed by atoms with Gasteiger partial charge in [0.05, 0.1) is 22.8 Å². The molecule has 2 aromatic heterocycles. The lowest BCUT2D eigenvalue weighted by molar-refractivity contribution is 0.401. The summed E-state index contributed by atoms with van der Waals surface area (Å²) < 4.78 is 14.2. The smallest absolute Gasteiger partial charge is 0.216 e. The molecule has 0 spiro atoms. The van der Waals surface area contributed by atoms with E-state index in [-0.39, 0.29) is 0 Å². The summed E-state index contributed by atoms with van der Waals surface area (Å²) in [5.74, 6) is 0.0459. The van der Waals surface area contributed by atoms with Crippen LogP contribution in [-0.2, 0) is 0 Å². The minimum Gasteiger partial charge on any atom is -0.261 e. The fraction of sp³-hybridized carbons (Fsp3) is 0.174. The van der Waals surface area contributed by atoms with E-state index in [1.807, 2.05) is 24.3 Å². The third-order valence-corrected chi connectivity index (χ3v) is 5.48. The Hall–Kier alpha value is -3.34. The van der Waals surface area contributed by atoms with Crippen molar-refractivity contribution >= 4 is 22.0 Å². The van der Waals surface area contributed by atoms with Crippen LogP contribution in [0, 0.1) is 11.9 Å². The summed E-state index contributed by atoms with van der Waals surface area (Å²) >= 11 is 0. The van der Waals surface area contributed by atoms with Crippen molar-refractivity contribution < 1.29 is 4.39 Å². The van der Waals surface area contributed by atoms with Crippen molar-refractivity contribution in [1.82, 2.24) is 20.2 Å². The fourth-order valence-electron chi connectivity index (χ4n) is 3.90. The SMILES string of the molecule is Fc1[nH]nc2ccc(/C(=C(/c3ccccc3)C3CCC3)c3cnccn3)cc12. The van der Waals surface area contributed by atoms with E-state index >= 15 is 0 Å². The van der Waals surface area contributed by atoms with Gasteiger partial charge in [-0.1, -0.05) is 42.8 Å². The predicted molar refractivity (Wildman–Crippen MR) is 108 cm³/mol. The maximum atomic E-state index is 14.2. The third-order valence-electron chi connectivity index (χ3n) is 5.48. The Bertz CT molecular complexity index is 1150. The van der Waals surface area contributed by atoms with E-state index in [4.69, 9.17) is 0 Å². The number of hydrogen-bond donors (Lipinski definition) is 1. The Labute approximate surface area is 162 Å². The van der Waals surface area contributed by atoms with Gasteiger partial charge in [0.15, 0.2) is 0 Å². The summed E-state index contributed by atoms with van der Waals surface area (Å²) in [4.78, 5) is 8.89. The lowest BCUT2D eigenvalue weighted by Gasteiger charge is -2.31. The van der Waals surface area contributed by atoms with E-state index in [1.54, 1.807) is 18.6 Å². The van der Waals surface area contributed by atoms with Crippen LogP contribution in [0.15, 0.2) is 67.1 Å². The molecule has 2 aromatic carbocycles. The summed E-state index contributed by atoms with van der Waals surface area (Å²) in [6.07, 6.45) is 8.69. The average molecular weight is 370 g/mol. The van der Waals surface area contributed by atoms with Crippen molar-refractivity contribution in [1.29, 1.82) is 0 Å². The molecule has 2 heterocycles.